The number of hydrogen-bond acceptors (Lipinski definition) is 3. The molecule has 1 aliphatic heterocycles. The summed E-state index contributed by atoms with van der Waals surface area (Å²) in [7, 11) is 0. The van der Waals surface area contributed by atoms with E-state index in [4.69, 9.17) is 0 Å². The topological polar surface area (TPSA) is 60.8 Å². The second-order valence-corrected chi connectivity index (χ2v) is 5.54. The Bertz CT molecular complexity index is 430. The van der Waals surface area contributed by atoms with Gasteiger partial charge < -0.3 is 10.2 Å². The first-order chi connectivity index (χ1) is 8.99. The monoisotopic (exact) mass is 263 g/mol. The molecule has 0 aromatic heterocycles. The zero-order valence-corrected chi connectivity index (χ0v) is 11.2. The summed E-state index contributed by atoms with van der Waals surface area (Å²) in [5, 5.41) is 19.6. The lowest BCUT2D eigenvalue weighted by molar-refractivity contribution is -0.143. The summed E-state index contributed by atoms with van der Waals surface area (Å²) >= 11 is 0. The molecule has 1 heterocycles. The van der Waals surface area contributed by atoms with Gasteiger partial charge in [0.05, 0.1) is 5.60 Å². The fraction of sp³-hybridized carbons (Fsp3) is 0.533. The number of rotatable bonds is 3. The number of aliphatic hydroxyl groups is 1. The molecule has 0 aliphatic carbocycles. The zero-order chi connectivity index (χ0) is 13.9. The van der Waals surface area contributed by atoms with Crippen LogP contribution in [0.3, 0.4) is 0 Å². The maximum Gasteiger partial charge on any atom is 0.325 e. The van der Waals surface area contributed by atoms with Gasteiger partial charge in [0.2, 0.25) is 0 Å². The highest BCUT2D eigenvalue weighted by Gasteiger charge is 2.32. The van der Waals surface area contributed by atoms with Crippen molar-refractivity contribution in [2.75, 3.05) is 13.1 Å². The fourth-order valence-corrected chi connectivity index (χ4v) is 2.69. The van der Waals surface area contributed by atoms with Crippen molar-refractivity contribution in [3.05, 3.63) is 35.9 Å². The van der Waals surface area contributed by atoms with Crippen LogP contribution < -0.4 is 0 Å². The number of benzene rings is 1. The first-order valence-corrected chi connectivity index (χ1v) is 6.74. The molecule has 4 nitrogen and oxygen atoms in total. The Balaban J connectivity index is 2.18. The average Bonchev–Trinajstić information content (AvgIpc) is 2.52. The van der Waals surface area contributed by atoms with Crippen LogP contribution in [0.1, 0.15) is 37.8 Å². The number of nitrogens with zero attached hydrogens (tertiary/aromatic N) is 1. The van der Waals surface area contributed by atoms with Crippen molar-refractivity contribution >= 4 is 5.97 Å². The standard InChI is InChI=1S/C15H21NO3/c1-15(19)8-5-10-16(11-9-15)13(14(17)18)12-6-3-2-4-7-12/h2-4,6-7,13,19H,5,8-11H2,1H3,(H,17,18). The summed E-state index contributed by atoms with van der Waals surface area (Å²) in [4.78, 5) is 13.5. The first-order valence-electron chi connectivity index (χ1n) is 6.74. The van der Waals surface area contributed by atoms with E-state index in [0.717, 1.165) is 18.4 Å². The minimum absolute atomic E-state index is 0.610. The third kappa shape index (κ3) is 3.55. The molecule has 2 atom stereocenters. The van der Waals surface area contributed by atoms with E-state index in [2.05, 4.69) is 0 Å². The minimum atomic E-state index is -0.826. The Morgan fingerprint density at radius 3 is 2.58 bits per heavy atom. The van der Waals surface area contributed by atoms with Crippen LogP contribution >= 0.6 is 0 Å². The fourth-order valence-electron chi connectivity index (χ4n) is 2.69. The number of carboxylic acids is 1. The molecule has 1 aromatic rings. The number of carboxylic acid groups (broad SMARTS) is 1. The Hall–Kier alpha value is -1.39. The Kier molecular flexibility index (Phi) is 4.22. The molecule has 2 rings (SSSR count). The molecule has 0 bridgehead atoms. The molecule has 0 saturated carbocycles. The highest BCUT2D eigenvalue weighted by atomic mass is 16.4. The molecule has 1 saturated heterocycles. The minimum Gasteiger partial charge on any atom is -0.480 e. The first kappa shape index (κ1) is 14.0. The molecule has 0 amide bonds. The van der Waals surface area contributed by atoms with Crippen LogP contribution in [0.4, 0.5) is 0 Å². The van der Waals surface area contributed by atoms with Crippen molar-refractivity contribution in [3.8, 4) is 0 Å². The van der Waals surface area contributed by atoms with Crippen molar-refractivity contribution in [1.29, 1.82) is 0 Å². The lowest BCUT2D eigenvalue weighted by Gasteiger charge is -2.28. The summed E-state index contributed by atoms with van der Waals surface area (Å²) < 4.78 is 0. The van der Waals surface area contributed by atoms with Gasteiger partial charge in [-0.2, -0.15) is 0 Å². The molecular formula is C15H21NO3. The molecule has 1 aliphatic rings. The molecule has 2 unspecified atom stereocenters. The molecule has 1 fully saturated rings. The second-order valence-electron chi connectivity index (χ2n) is 5.54. The van der Waals surface area contributed by atoms with E-state index in [1.165, 1.54) is 0 Å². The zero-order valence-electron chi connectivity index (χ0n) is 11.2. The van der Waals surface area contributed by atoms with E-state index in [9.17, 15) is 15.0 Å². The van der Waals surface area contributed by atoms with Crippen LogP contribution in [0.5, 0.6) is 0 Å². The van der Waals surface area contributed by atoms with E-state index in [0.29, 0.717) is 19.5 Å². The van der Waals surface area contributed by atoms with Crippen LogP contribution in [0, 0.1) is 0 Å². The number of likely N-dealkylation sites (tertiary alicyclic amines) is 1. The third-order valence-corrected chi connectivity index (χ3v) is 3.81. The molecular weight excluding hydrogens is 242 g/mol. The van der Waals surface area contributed by atoms with Gasteiger partial charge in [-0.25, -0.2) is 0 Å². The van der Waals surface area contributed by atoms with Crippen LogP contribution in [0.15, 0.2) is 30.3 Å². The average molecular weight is 263 g/mol. The highest BCUT2D eigenvalue weighted by Crippen LogP contribution is 2.28. The van der Waals surface area contributed by atoms with Gasteiger partial charge in [-0.1, -0.05) is 30.3 Å². The van der Waals surface area contributed by atoms with E-state index < -0.39 is 17.6 Å². The molecule has 2 N–H and O–H groups in total. The number of hydrogen-bond donors (Lipinski definition) is 2. The normalized spacial score (nSPS) is 26.6. The predicted octanol–water partition coefficient (Wildman–Crippen LogP) is 2.05. The lowest BCUT2D eigenvalue weighted by atomic mass is 9.98. The van der Waals surface area contributed by atoms with Gasteiger partial charge in [0.15, 0.2) is 0 Å². The van der Waals surface area contributed by atoms with Crippen LogP contribution in [0.2, 0.25) is 0 Å². The summed E-state index contributed by atoms with van der Waals surface area (Å²) in [6, 6.07) is 8.69. The lowest BCUT2D eigenvalue weighted by Crippen LogP contribution is -2.36. The van der Waals surface area contributed by atoms with Crippen molar-refractivity contribution in [2.24, 2.45) is 0 Å². The summed E-state index contributed by atoms with van der Waals surface area (Å²) in [5.41, 5.74) is 0.130. The SMILES string of the molecule is CC1(O)CCCN(C(C(=O)O)c2ccccc2)CC1. The maximum absolute atomic E-state index is 11.6. The molecule has 0 radical (unpaired) electrons. The third-order valence-electron chi connectivity index (χ3n) is 3.81. The van der Waals surface area contributed by atoms with Crippen molar-refractivity contribution < 1.29 is 15.0 Å². The maximum atomic E-state index is 11.6. The summed E-state index contributed by atoms with van der Waals surface area (Å²) in [6.07, 6.45) is 2.16. The molecule has 0 spiro atoms. The Morgan fingerprint density at radius 1 is 1.26 bits per heavy atom. The highest BCUT2D eigenvalue weighted by molar-refractivity contribution is 5.75. The molecule has 1 aromatic carbocycles. The van der Waals surface area contributed by atoms with Crippen molar-refractivity contribution in [1.82, 2.24) is 4.90 Å². The Labute approximate surface area is 113 Å². The molecule has 4 heteroatoms. The van der Waals surface area contributed by atoms with Crippen molar-refractivity contribution in [3.63, 3.8) is 0 Å². The van der Waals surface area contributed by atoms with Crippen LogP contribution in [-0.2, 0) is 4.79 Å². The van der Waals surface area contributed by atoms with Gasteiger partial charge in [-0.15, -0.1) is 0 Å². The van der Waals surface area contributed by atoms with Gasteiger partial charge in [-0.05, 0) is 38.3 Å². The smallest absolute Gasteiger partial charge is 0.325 e. The molecule has 104 valence electrons. The predicted molar refractivity (Wildman–Crippen MR) is 72.9 cm³/mol. The van der Waals surface area contributed by atoms with Gasteiger partial charge >= 0.3 is 5.97 Å². The summed E-state index contributed by atoms with van der Waals surface area (Å²) in [5.74, 6) is -0.826. The molecule has 19 heavy (non-hydrogen) atoms. The second kappa shape index (κ2) is 5.72. The van der Waals surface area contributed by atoms with Gasteiger partial charge in [-0.3, -0.25) is 9.69 Å². The van der Waals surface area contributed by atoms with Gasteiger partial charge in [0, 0.05) is 6.54 Å². The number of carbonyl (C=O) groups is 1. The van der Waals surface area contributed by atoms with Gasteiger partial charge in [0.1, 0.15) is 6.04 Å². The van der Waals surface area contributed by atoms with E-state index in [1.807, 2.05) is 42.2 Å². The Morgan fingerprint density at radius 2 is 1.95 bits per heavy atom. The van der Waals surface area contributed by atoms with E-state index in [-0.39, 0.29) is 0 Å². The largest absolute Gasteiger partial charge is 0.480 e. The van der Waals surface area contributed by atoms with Crippen LogP contribution in [0.25, 0.3) is 0 Å². The quantitative estimate of drug-likeness (QED) is 0.876. The summed E-state index contributed by atoms with van der Waals surface area (Å²) in [6.45, 7) is 3.15. The van der Waals surface area contributed by atoms with Crippen LogP contribution in [-0.4, -0.2) is 39.8 Å². The van der Waals surface area contributed by atoms with E-state index >= 15 is 0 Å². The van der Waals surface area contributed by atoms with E-state index in [1.54, 1.807) is 0 Å². The number of aliphatic carboxylic acids is 1. The van der Waals surface area contributed by atoms with Gasteiger partial charge in [0.25, 0.3) is 0 Å². The van der Waals surface area contributed by atoms with Crippen molar-refractivity contribution in [2.45, 2.75) is 37.8 Å².